The van der Waals surface area contributed by atoms with Crippen molar-refractivity contribution >= 4 is 17.8 Å². The Morgan fingerprint density at radius 2 is 1.83 bits per heavy atom. The van der Waals surface area contributed by atoms with E-state index in [1.807, 2.05) is 0 Å². The maximum Gasteiger partial charge on any atom is 0.329 e. The number of carboxylic acid groups (broad SMARTS) is 1. The first-order chi connectivity index (χ1) is 11.4. The van der Waals surface area contributed by atoms with Crippen LogP contribution in [0.1, 0.15) is 29.6 Å². The Morgan fingerprint density at radius 3 is 2.33 bits per heavy atom. The zero-order chi connectivity index (χ0) is 17.7. The summed E-state index contributed by atoms with van der Waals surface area (Å²) in [5, 5.41) is 14.1. The first-order valence-electron chi connectivity index (χ1n) is 7.46. The zero-order valence-corrected chi connectivity index (χ0v) is 13.5. The number of carboxylic acids is 1. The lowest BCUT2D eigenvalue weighted by Crippen LogP contribution is -2.60. The number of hydrogen-bond acceptors (Lipinski definition) is 5. The molecule has 0 aromatic heterocycles. The van der Waals surface area contributed by atoms with E-state index in [0.717, 1.165) is 6.42 Å². The molecule has 1 saturated carbocycles. The summed E-state index contributed by atoms with van der Waals surface area (Å²) >= 11 is 0. The zero-order valence-electron chi connectivity index (χ0n) is 13.5. The van der Waals surface area contributed by atoms with Gasteiger partial charge in [-0.2, -0.15) is 0 Å². The highest BCUT2D eigenvalue weighted by Gasteiger charge is 2.45. The van der Waals surface area contributed by atoms with E-state index in [0.29, 0.717) is 29.9 Å². The average Bonchev–Trinajstić information content (AvgIpc) is 2.54. The summed E-state index contributed by atoms with van der Waals surface area (Å²) < 4.78 is 10.2. The molecule has 1 aromatic carbocycles. The van der Waals surface area contributed by atoms with E-state index in [2.05, 4.69) is 10.6 Å². The van der Waals surface area contributed by atoms with Crippen LogP contribution in [-0.2, 0) is 9.59 Å². The standard InChI is InChI=1S/C16H20N2O6/c1-23-11-5-4-10(8-12(11)24-2)14(20)17-9-13(19)18-16(15(21)22)6-3-7-16/h4-5,8H,3,6-7,9H2,1-2H3,(H,17,20)(H,18,19)(H,21,22). The molecule has 24 heavy (non-hydrogen) atoms. The number of amides is 2. The number of methoxy groups -OCH3 is 2. The Labute approximate surface area is 139 Å². The average molecular weight is 336 g/mol. The molecule has 1 aliphatic rings. The van der Waals surface area contributed by atoms with Gasteiger partial charge in [0.2, 0.25) is 5.91 Å². The first kappa shape index (κ1) is 17.6. The maximum absolute atomic E-state index is 12.1. The number of ether oxygens (including phenoxy) is 2. The lowest BCUT2D eigenvalue weighted by Gasteiger charge is -2.38. The molecule has 0 unspecified atom stereocenters. The molecule has 1 aliphatic carbocycles. The van der Waals surface area contributed by atoms with Crippen molar-refractivity contribution in [1.29, 1.82) is 0 Å². The summed E-state index contributed by atoms with van der Waals surface area (Å²) in [7, 11) is 2.94. The normalized spacial score (nSPS) is 14.9. The number of nitrogens with one attached hydrogen (secondary N) is 2. The number of benzene rings is 1. The van der Waals surface area contributed by atoms with Crippen molar-refractivity contribution in [2.24, 2.45) is 0 Å². The van der Waals surface area contributed by atoms with Gasteiger partial charge in [-0.15, -0.1) is 0 Å². The van der Waals surface area contributed by atoms with Crippen molar-refractivity contribution in [2.45, 2.75) is 24.8 Å². The predicted octanol–water partition coefficient (Wildman–Crippen LogP) is 0.557. The van der Waals surface area contributed by atoms with Crippen LogP contribution < -0.4 is 20.1 Å². The van der Waals surface area contributed by atoms with E-state index >= 15 is 0 Å². The Kier molecular flexibility index (Phi) is 5.28. The molecule has 2 rings (SSSR count). The van der Waals surface area contributed by atoms with Gasteiger partial charge < -0.3 is 25.2 Å². The molecule has 2 amide bonds. The Balaban J connectivity index is 1.93. The summed E-state index contributed by atoms with van der Waals surface area (Å²) in [4.78, 5) is 35.2. The quantitative estimate of drug-likeness (QED) is 0.670. The minimum Gasteiger partial charge on any atom is -0.493 e. The van der Waals surface area contributed by atoms with Gasteiger partial charge >= 0.3 is 5.97 Å². The van der Waals surface area contributed by atoms with Crippen LogP contribution in [0.4, 0.5) is 0 Å². The number of aliphatic carboxylic acids is 1. The van der Waals surface area contributed by atoms with Crippen LogP contribution in [0.5, 0.6) is 11.5 Å². The molecule has 0 aliphatic heterocycles. The van der Waals surface area contributed by atoms with Gasteiger partial charge in [0, 0.05) is 5.56 Å². The molecule has 0 radical (unpaired) electrons. The fourth-order valence-electron chi connectivity index (χ4n) is 2.47. The minimum atomic E-state index is -1.19. The number of rotatable bonds is 7. The van der Waals surface area contributed by atoms with Crippen LogP contribution in [0.2, 0.25) is 0 Å². The molecular formula is C16H20N2O6. The van der Waals surface area contributed by atoms with E-state index in [1.165, 1.54) is 20.3 Å². The van der Waals surface area contributed by atoms with Gasteiger partial charge in [-0.25, -0.2) is 4.79 Å². The first-order valence-corrected chi connectivity index (χ1v) is 7.46. The highest BCUT2D eigenvalue weighted by atomic mass is 16.5. The van der Waals surface area contributed by atoms with Crippen molar-refractivity contribution in [3.63, 3.8) is 0 Å². The van der Waals surface area contributed by atoms with Crippen LogP contribution >= 0.6 is 0 Å². The maximum atomic E-state index is 12.1. The fraction of sp³-hybridized carbons (Fsp3) is 0.438. The molecule has 0 atom stereocenters. The van der Waals surface area contributed by atoms with Gasteiger partial charge in [0.15, 0.2) is 11.5 Å². The Bertz CT molecular complexity index is 654. The number of hydrogen-bond donors (Lipinski definition) is 3. The molecule has 0 saturated heterocycles. The largest absolute Gasteiger partial charge is 0.493 e. The lowest BCUT2D eigenvalue weighted by atomic mass is 9.77. The molecular weight excluding hydrogens is 316 g/mol. The second kappa shape index (κ2) is 7.20. The highest BCUT2D eigenvalue weighted by Crippen LogP contribution is 2.32. The number of carbonyl (C=O) groups excluding carboxylic acids is 2. The lowest BCUT2D eigenvalue weighted by molar-refractivity contribution is -0.151. The topological polar surface area (TPSA) is 114 Å². The summed E-state index contributed by atoms with van der Waals surface area (Å²) in [6.45, 7) is -0.303. The van der Waals surface area contributed by atoms with Crippen LogP contribution in [0.3, 0.4) is 0 Å². The summed E-state index contributed by atoms with van der Waals surface area (Å²) in [6.07, 6.45) is 1.56. The van der Waals surface area contributed by atoms with E-state index in [1.54, 1.807) is 12.1 Å². The van der Waals surface area contributed by atoms with E-state index in [4.69, 9.17) is 14.6 Å². The summed E-state index contributed by atoms with van der Waals surface area (Å²) in [6, 6.07) is 4.62. The van der Waals surface area contributed by atoms with Crippen molar-refractivity contribution in [3.8, 4) is 11.5 Å². The van der Waals surface area contributed by atoms with Crippen LogP contribution in [0.15, 0.2) is 18.2 Å². The molecule has 8 nitrogen and oxygen atoms in total. The summed E-state index contributed by atoms with van der Waals surface area (Å²) in [5.74, 6) is -1.17. The third-order valence-corrected chi connectivity index (χ3v) is 4.05. The molecule has 1 aromatic rings. The van der Waals surface area contributed by atoms with Gasteiger partial charge in [-0.1, -0.05) is 0 Å². The minimum absolute atomic E-state index is 0.303. The Morgan fingerprint density at radius 1 is 1.17 bits per heavy atom. The van der Waals surface area contributed by atoms with E-state index in [9.17, 15) is 14.4 Å². The van der Waals surface area contributed by atoms with Crippen molar-refractivity contribution < 1.29 is 29.0 Å². The molecule has 0 heterocycles. The van der Waals surface area contributed by atoms with Crippen LogP contribution in [0, 0.1) is 0 Å². The van der Waals surface area contributed by atoms with Gasteiger partial charge in [-0.3, -0.25) is 9.59 Å². The van der Waals surface area contributed by atoms with Crippen molar-refractivity contribution in [1.82, 2.24) is 10.6 Å². The smallest absolute Gasteiger partial charge is 0.329 e. The van der Waals surface area contributed by atoms with Gasteiger partial charge in [0.1, 0.15) is 5.54 Å². The SMILES string of the molecule is COc1ccc(C(=O)NCC(=O)NC2(C(=O)O)CCC2)cc1OC. The van der Waals surface area contributed by atoms with Gasteiger partial charge in [0.25, 0.3) is 5.91 Å². The molecule has 0 bridgehead atoms. The van der Waals surface area contributed by atoms with Crippen LogP contribution in [-0.4, -0.2) is 49.2 Å². The molecule has 130 valence electrons. The molecule has 0 spiro atoms. The monoisotopic (exact) mass is 336 g/mol. The molecule has 3 N–H and O–H groups in total. The van der Waals surface area contributed by atoms with Crippen LogP contribution in [0.25, 0.3) is 0 Å². The van der Waals surface area contributed by atoms with Crippen molar-refractivity contribution in [2.75, 3.05) is 20.8 Å². The number of carbonyl (C=O) groups is 3. The predicted molar refractivity (Wildman–Crippen MR) is 84.2 cm³/mol. The third-order valence-electron chi connectivity index (χ3n) is 4.05. The second-order valence-electron chi connectivity index (χ2n) is 5.54. The molecule has 8 heteroatoms. The van der Waals surface area contributed by atoms with Gasteiger partial charge in [0.05, 0.1) is 20.8 Å². The van der Waals surface area contributed by atoms with Gasteiger partial charge in [-0.05, 0) is 37.5 Å². The second-order valence-corrected chi connectivity index (χ2v) is 5.54. The Hall–Kier alpha value is -2.77. The summed E-state index contributed by atoms with van der Waals surface area (Å²) in [5.41, 5.74) is -0.887. The highest BCUT2D eigenvalue weighted by molar-refractivity contribution is 5.97. The molecule has 1 fully saturated rings. The van der Waals surface area contributed by atoms with E-state index < -0.39 is 23.3 Å². The van der Waals surface area contributed by atoms with Crippen molar-refractivity contribution in [3.05, 3.63) is 23.8 Å². The fourth-order valence-corrected chi connectivity index (χ4v) is 2.47. The third kappa shape index (κ3) is 3.58. The van der Waals surface area contributed by atoms with E-state index in [-0.39, 0.29) is 6.54 Å².